The first-order valence-electron chi connectivity index (χ1n) is 6.44. The number of carbonyl (C=O) groups is 2. The normalized spacial score (nSPS) is 14.2. The maximum Gasteiger partial charge on any atom is 0.261 e. The second-order valence-corrected chi connectivity index (χ2v) is 5.47. The van der Waals surface area contributed by atoms with Gasteiger partial charge in [0.25, 0.3) is 5.91 Å². The van der Waals surface area contributed by atoms with Gasteiger partial charge in [0.1, 0.15) is 0 Å². The Balaban J connectivity index is 1.72. The fraction of sp³-hybridized carbons (Fsp3) is 0.538. The molecule has 0 aromatic carbocycles. The zero-order valence-corrected chi connectivity index (χ0v) is 11.5. The van der Waals surface area contributed by atoms with Crippen LogP contribution >= 0.6 is 11.3 Å². The second-order valence-electron chi connectivity index (χ2n) is 4.53. The number of aliphatic hydroxyl groups is 1. The van der Waals surface area contributed by atoms with Crippen LogP contribution in [-0.4, -0.2) is 47.6 Å². The number of carbonyl (C=O) groups excluding carboxylic acids is 2. The van der Waals surface area contributed by atoms with Gasteiger partial charge in [0.05, 0.1) is 11.5 Å². The lowest BCUT2D eigenvalue weighted by atomic mass is 10.3. The Kier molecular flexibility index (Phi) is 4.93. The van der Waals surface area contributed by atoms with E-state index in [0.717, 1.165) is 12.8 Å². The molecule has 0 aliphatic heterocycles. The molecule has 2 N–H and O–H groups in total. The van der Waals surface area contributed by atoms with Crippen molar-refractivity contribution in [1.29, 1.82) is 0 Å². The number of hydrogen-bond donors (Lipinski definition) is 2. The highest BCUT2D eigenvalue weighted by Crippen LogP contribution is 2.26. The van der Waals surface area contributed by atoms with Gasteiger partial charge in [0.2, 0.25) is 5.91 Å². The van der Waals surface area contributed by atoms with Crippen molar-refractivity contribution in [2.75, 3.05) is 19.7 Å². The van der Waals surface area contributed by atoms with E-state index in [1.165, 1.54) is 11.3 Å². The molecule has 0 radical (unpaired) electrons. The molecule has 2 rings (SSSR count). The molecule has 0 spiro atoms. The fourth-order valence-corrected chi connectivity index (χ4v) is 2.57. The third-order valence-corrected chi connectivity index (χ3v) is 3.89. The van der Waals surface area contributed by atoms with E-state index >= 15 is 0 Å². The molecule has 0 saturated heterocycles. The summed E-state index contributed by atoms with van der Waals surface area (Å²) in [7, 11) is 0. The Bertz CT molecular complexity index is 429. The number of hydrogen-bond acceptors (Lipinski definition) is 4. The first-order chi connectivity index (χ1) is 9.22. The summed E-state index contributed by atoms with van der Waals surface area (Å²) in [5.74, 6) is -0.133. The SMILES string of the molecule is O=C(NCCC(=O)N(CCO)C1CC1)c1cccs1. The van der Waals surface area contributed by atoms with Gasteiger partial charge in [-0.05, 0) is 24.3 Å². The molecule has 6 heteroatoms. The van der Waals surface area contributed by atoms with Crippen LogP contribution < -0.4 is 5.32 Å². The number of nitrogens with one attached hydrogen (secondary N) is 1. The number of thiophene rings is 1. The van der Waals surface area contributed by atoms with Gasteiger partial charge in [-0.2, -0.15) is 0 Å². The molecule has 19 heavy (non-hydrogen) atoms. The lowest BCUT2D eigenvalue weighted by Gasteiger charge is -2.21. The molecule has 1 aromatic rings. The lowest BCUT2D eigenvalue weighted by molar-refractivity contribution is -0.132. The van der Waals surface area contributed by atoms with Crippen molar-refractivity contribution in [3.63, 3.8) is 0 Å². The fourth-order valence-electron chi connectivity index (χ4n) is 1.93. The van der Waals surface area contributed by atoms with Crippen molar-refractivity contribution < 1.29 is 14.7 Å². The maximum absolute atomic E-state index is 11.9. The van der Waals surface area contributed by atoms with Crippen LogP contribution in [0.4, 0.5) is 0 Å². The van der Waals surface area contributed by atoms with Crippen LogP contribution in [0.15, 0.2) is 17.5 Å². The average Bonchev–Trinajstić information content (AvgIpc) is 3.08. The number of rotatable bonds is 7. The van der Waals surface area contributed by atoms with E-state index in [0.29, 0.717) is 24.0 Å². The lowest BCUT2D eigenvalue weighted by Crippen LogP contribution is -2.37. The quantitative estimate of drug-likeness (QED) is 0.779. The summed E-state index contributed by atoms with van der Waals surface area (Å²) in [5, 5.41) is 13.5. The first kappa shape index (κ1) is 14.0. The Morgan fingerprint density at radius 2 is 2.26 bits per heavy atom. The third-order valence-electron chi connectivity index (χ3n) is 3.02. The summed E-state index contributed by atoms with van der Waals surface area (Å²) in [6.45, 7) is 0.719. The van der Waals surface area contributed by atoms with Crippen LogP contribution in [-0.2, 0) is 4.79 Å². The van der Waals surface area contributed by atoms with E-state index in [1.807, 2.05) is 11.4 Å². The molecular weight excluding hydrogens is 264 g/mol. The molecule has 0 atom stereocenters. The van der Waals surface area contributed by atoms with Crippen LogP contribution in [0.3, 0.4) is 0 Å². The highest BCUT2D eigenvalue weighted by Gasteiger charge is 2.31. The zero-order chi connectivity index (χ0) is 13.7. The first-order valence-corrected chi connectivity index (χ1v) is 7.32. The molecule has 1 heterocycles. The van der Waals surface area contributed by atoms with Crippen LogP contribution in [0, 0.1) is 0 Å². The standard InChI is InChI=1S/C13H18N2O3S/c16-8-7-15(10-3-4-10)12(17)5-6-14-13(18)11-2-1-9-19-11/h1-2,9-10,16H,3-8H2,(H,14,18). The summed E-state index contributed by atoms with van der Waals surface area (Å²) in [6, 6.07) is 3.87. The summed E-state index contributed by atoms with van der Waals surface area (Å²) in [5.41, 5.74) is 0. The van der Waals surface area contributed by atoms with Gasteiger partial charge in [-0.15, -0.1) is 11.3 Å². The Morgan fingerprint density at radius 1 is 1.47 bits per heavy atom. The average molecular weight is 282 g/mol. The van der Waals surface area contributed by atoms with Crippen molar-refractivity contribution in [1.82, 2.24) is 10.2 Å². The monoisotopic (exact) mass is 282 g/mol. The minimum absolute atomic E-state index is 0.00281. The third kappa shape index (κ3) is 4.04. The Labute approximate surface area is 116 Å². The molecule has 104 valence electrons. The molecule has 5 nitrogen and oxygen atoms in total. The van der Waals surface area contributed by atoms with Gasteiger partial charge in [0.15, 0.2) is 0 Å². The summed E-state index contributed by atoms with van der Waals surface area (Å²) in [4.78, 5) is 26.0. The van der Waals surface area contributed by atoms with Gasteiger partial charge in [-0.1, -0.05) is 6.07 Å². The minimum Gasteiger partial charge on any atom is -0.395 e. The topological polar surface area (TPSA) is 69.6 Å². The minimum atomic E-state index is -0.136. The summed E-state index contributed by atoms with van der Waals surface area (Å²) < 4.78 is 0. The van der Waals surface area contributed by atoms with E-state index in [2.05, 4.69) is 5.32 Å². The maximum atomic E-state index is 11.9. The van der Waals surface area contributed by atoms with Crippen molar-refractivity contribution in [3.05, 3.63) is 22.4 Å². The van der Waals surface area contributed by atoms with Gasteiger partial charge in [-0.3, -0.25) is 9.59 Å². The van der Waals surface area contributed by atoms with E-state index < -0.39 is 0 Å². The van der Waals surface area contributed by atoms with Crippen LogP contribution in [0.1, 0.15) is 28.9 Å². The number of amides is 2. The predicted molar refractivity (Wildman–Crippen MR) is 73.1 cm³/mol. The summed E-state index contributed by atoms with van der Waals surface area (Å²) in [6.07, 6.45) is 2.33. The van der Waals surface area contributed by atoms with Crippen molar-refractivity contribution in [3.8, 4) is 0 Å². The number of nitrogens with zero attached hydrogens (tertiary/aromatic N) is 1. The predicted octanol–water partition coefficient (Wildman–Crippen LogP) is 0.851. The van der Waals surface area contributed by atoms with E-state index in [-0.39, 0.29) is 24.8 Å². The van der Waals surface area contributed by atoms with Gasteiger partial charge < -0.3 is 15.3 Å². The van der Waals surface area contributed by atoms with Crippen molar-refractivity contribution >= 4 is 23.2 Å². The Morgan fingerprint density at radius 3 is 2.84 bits per heavy atom. The van der Waals surface area contributed by atoms with Crippen molar-refractivity contribution in [2.24, 2.45) is 0 Å². The highest BCUT2D eigenvalue weighted by atomic mass is 32.1. The molecule has 1 aliphatic rings. The second kappa shape index (κ2) is 6.68. The van der Waals surface area contributed by atoms with Crippen LogP contribution in [0.5, 0.6) is 0 Å². The van der Waals surface area contributed by atoms with Gasteiger partial charge in [0, 0.05) is 25.6 Å². The zero-order valence-electron chi connectivity index (χ0n) is 10.7. The van der Waals surface area contributed by atoms with E-state index in [9.17, 15) is 9.59 Å². The molecule has 0 unspecified atom stereocenters. The van der Waals surface area contributed by atoms with Crippen LogP contribution in [0.2, 0.25) is 0 Å². The van der Waals surface area contributed by atoms with Gasteiger partial charge in [-0.25, -0.2) is 0 Å². The molecule has 1 fully saturated rings. The van der Waals surface area contributed by atoms with E-state index in [1.54, 1.807) is 11.0 Å². The molecule has 1 saturated carbocycles. The van der Waals surface area contributed by atoms with Gasteiger partial charge >= 0.3 is 0 Å². The highest BCUT2D eigenvalue weighted by molar-refractivity contribution is 7.12. The molecule has 1 aliphatic carbocycles. The van der Waals surface area contributed by atoms with Crippen molar-refractivity contribution in [2.45, 2.75) is 25.3 Å². The smallest absolute Gasteiger partial charge is 0.261 e. The molecule has 0 bridgehead atoms. The molecule has 1 aromatic heterocycles. The molecule has 2 amide bonds. The summed E-state index contributed by atoms with van der Waals surface area (Å²) >= 11 is 1.38. The van der Waals surface area contributed by atoms with E-state index in [4.69, 9.17) is 5.11 Å². The Hall–Kier alpha value is -1.40. The van der Waals surface area contributed by atoms with Crippen LogP contribution in [0.25, 0.3) is 0 Å². The number of aliphatic hydroxyl groups excluding tert-OH is 1. The molecular formula is C13H18N2O3S. The largest absolute Gasteiger partial charge is 0.395 e.